The molecule has 1 aromatic heterocycles. The number of hydrogen-bond acceptors (Lipinski definition) is 3. The molecule has 116 valence electrons. The number of nitrogens with zero attached hydrogens (tertiary/aromatic N) is 2. The second-order valence-electron chi connectivity index (χ2n) is 5.27. The predicted molar refractivity (Wildman–Crippen MR) is 86.4 cm³/mol. The fourth-order valence-corrected chi connectivity index (χ4v) is 2.03. The largest absolute Gasteiger partial charge is 0.354 e. The molecule has 0 radical (unpaired) electrons. The third-order valence-electron chi connectivity index (χ3n) is 3.51. The molecule has 22 heavy (non-hydrogen) atoms. The number of aryl methyl sites for hydroxylation is 1. The maximum Gasteiger partial charge on any atom is 0.266 e. The summed E-state index contributed by atoms with van der Waals surface area (Å²) in [4.78, 5) is 23.7. The monoisotopic (exact) mass is 299 g/mol. The van der Waals surface area contributed by atoms with Crippen LogP contribution in [0.15, 0.2) is 47.3 Å². The van der Waals surface area contributed by atoms with Gasteiger partial charge in [0.15, 0.2) is 0 Å². The van der Waals surface area contributed by atoms with Gasteiger partial charge < -0.3 is 5.32 Å². The molecule has 2 rings (SSSR count). The van der Waals surface area contributed by atoms with Crippen molar-refractivity contribution in [2.24, 2.45) is 0 Å². The zero-order valence-corrected chi connectivity index (χ0v) is 13.0. The van der Waals surface area contributed by atoms with Crippen LogP contribution in [-0.4, -0.2) is 21.7 Å². The van der Waals surface area contributed by atoms with Gasteiger partial charge in [-0.2, -0.15) is 5.10 Å². The van der Waals surface area contributed by atoms with Gasteiger partial charge >= 0.3 is 0 Å². The molecule has 0 saturated heterocycles. The molecule has 1 N–H and O–H groups in total. The van der Waals surface area contributed by atoms with Gasteiger partial charge in [0.2, 0.25) is 5.91 Å². The number of carbonyl (C=O) groups excluding carboxylic acids is 1. The lowest BCUT2D eigenvalue weighted by Gasteiger charge is -2.12. The predicted octanol–water partition coefficient (Wildman–Crippen LogP) is 2.22. The number of amides is 1. The van der Waals surface area contributed by atoms with Crippen molar-refractivity contribution in [1.29, 1.82) is 0 Å². The topological polar surface area (TPSA) is 64.0 Å². The number of carbonyl (C=O) groups is 1. The summed E-state index contributed by atoms with van der Waals surface area (Å²) in [5.41, 5.74) is 1.47. The van der Waals surface area contributed by atoms with Crippen molar-refractivity contribution in [3.8, 4) is 11.3 Å². The van der Waals surface area contributed by atoms with Crippen molar-refractivity contribution in [3.05, 3.63) is 52.8 Å². The van der Waals surface area contributed by atoms with Crippen LogP contribution in [0, 0.1) is 0 Å². The van der Waals surface area contributed by atoms with E-state index in [1.54, 1.807) is 6.07 Å². The molecule has 0 spiro atoms. The van der Waals surface area contributed by atoms with E-state index in [0.29, 0.717) is 0 Å². The quantitative estimate of drug-likeness (QED) is 0.889. The van der Waals surface area contributed by atoms with Crippen molar-refractivity contribution in [3.63, 3.8) is 0 Å². The Morgan fingerprint density at radius 2 is 1.95 bits per heavy atom. The minimum absolute atomic E-state index is 0.0619. The van der Waals surface area contributed by atoms with Gasteiger partial charge in [0.1, 0.15) is 0 Å². The Labute approximate surface area is 130 Å². The van der Waals surface area contributed by atoms with E-state index in [0.717, 1.165) is 17.7 Å². The standard InChI is InChI=1S/C17H21N3O2/c1-3-13(2)18-16(21)11-12-20-17(22)10-9-15(19-20)14-7-5-4-6-8-14/h4-10,13H,3,11-12H2,1-2H3,(H,18,21). The molecular weight excluding hydrogens is 278 g/mol. The first-order chi connectivity index (χ1) is 10.6. The first kappa shape index (κ1) is 15.9. The molecule has 1 heterocycles. The van der Waals surface area contributed by atoms with E-state index < -0.39 is 0 Å². The van der Waals surface area contributed by atoms with Gasteiger partial charge in [0, 0.05) is 24.1 Å². The van der Waals surface area contributed by atoms with Crippen molar-refractivity contribution in [2.45, 2.75) is 39.3 Å². The molecule has 0 fully saturated rings. The minimum atomic E-state index is -0.198. The number of benzene rings is 1. The van der Waals surface area contributed by atoms with Gasteiger partial charge in [0.25, 0.3) is 5.56 Å². The Morgan fingerprint density at radius 1 is 1.23 bits per heavy atom. The maximum absolute atomic E-state index is 11.9. The van der Waals surface area contributed by atoms with Crippen molar-refractivity contribution in [1.82, 2.24) is 15.1 Å². The van der Waals surface area contributed by atoms with Gasteiger partial charge in [-0.1, -0.05) is 37.3 Å². The summed E-state index contributed by atoms with van der Waals surface area (Å²) in [7, 11) is 0. The highest BCUT2D eigenvalue weighted by Gasteiger charge is 2.08. The van der Waals surface area contributed by atoms with Crippen LogP contribution >= 0.6 is 0 Å². The van der Waals surface area contributed by atoms with Crippen LogP contribution in [0.1, 0.15) is 26.7 Å². The van der Waals surface area contributed by atoms with Crippen LogP contribution in [0.4, 0.5) is 0 Å². The van der Waals surface area contributed by atoms with Crippen LogP contribution in [0.5, 0.6) is 0 Å². The van der Waals surface area contributed by atoms with Gasteiger partial charge in [-0.25, -0.2) is 4.68 Å². The highest BCUT2D eigenvalue weighted by atomic mass is 16.2. The van der Waals surface area contributed by atoms with Crippen molar-refractivity contribution in [2.75, 3.05) is 0 Å². The first-order valence-corrected chi connectivity index (χ1v) is 7.53. The van der Waals surface area contributed by atoms with Gasteiger partial charge in [-0.05, 0) is 19.4 Å². The average Bonchev–Trinajstić information content (AvgIpc) is 2.54. The molecule has 0 aliphatic rings. The fourth-order valence-electron chi connectivity index (χ4n) is 2.03. The summed E-state index contributed by atoms with van der Waals surface area (Å²) >= 11 is 0. The van der Waals surface area contributed by atoms with Crippen LogP contribution < -0.4 is 10.9 Å². The summed E-state index contributed by atoms with van der Waals surface area (Å²) in [6, 6.07) is 13.0. The number of rotatable bonds is 6. The Kier molecular flexibility index (Phi) is 5.47. The smallest absolute Gasteiger partial charge is 0.266 e. The molecule has 5 nitrogen and oxygen atoms in total. The van der Waals surface area contributed by atoms with Crippen LogP contribution in [0.25, 0.3) is 11.3 Å². The van der Waals surface area contributed by atoms with Crippen molar-refractivity contribution >= 4 is 5.91 Å². The summed E-state index contributed by atoms with van der Waals surface area (Å²) in [6.07, 6.45) is 1.13. The molecular formula is C17H21N3O2. The summed E-state index contributed by atoms with van der Waals surface area (Å²) in [6.45, 7) is 4.25. The summed E-state index contributed by atoms with van der Waals surface area (Å²) in [5, 5.41) is 7.22. The van der Waals surface area contributed by atoms with Crippen LogP contribution in [0.2, 0.25) is 0 Å². The van der Waals surface area contributed by atoms with Crippen molar-refractivity contribution < 1.29 is 4.79 Å². The Morgan fingerprint density at radius 3 is 2.64 bits per heavy atom. The number of nitrogens with one attached hydrogen (secondary N) is 1. The minimum Gasteiger partial charge on any atom is -0.354 e. The third-order valence-corrected chi connectivity index (χ3v) is 3.51. The van der Waals surface area contributed by atoms with Crippen LogP contribution in [0.3, 0.4) is 0 Å². The molecule has 5 heteroatoms. The number of hydrogen-bond donors (Lipinski definition) is 1. The molecule has 1 aromatic carbocycles. The second-order valence-corrected chi connectivity index (χ2v) is 5.27. The molecule has 1 amide bonds. The van der Waals surface area contributed by atoms with Gasteiger partial charge in [-0.15, -0.1) is 0 Å². The van der Waals surface area contributed by atoms with E-state index in [-0.39, 0.29) is 30.5 Å². The van der Waals surface area contributed by atoms with Gasteiger partial charge in [0.05, 0.1) is 12.2 Å². The fraction of sp³-hybridized carbons (Fsp3) is 0.353. The zero-order valence-electron chi connectivity index (χ0n) is 13.0. The first-order valence-electron chi connectivity index (χ1n) is 7.53. The van der Waals surface area contributed by atoms with E-state index in [1.807, 2.05) is 44.2 Å². The maximum atomic E-state index is 11.9. The Balaban J connectivity index is 2.08. The third kappa shape index (κ3) is 4.28. The highest BCUT2D eigenvalue weighted by Crippen LogP contribution is 2.13. The summed E-state index contributed by atoms with van der Waals surface area (Å²) < 4.78 is 1.35. The van der Waals surface area contributed by atoms with Crippen LogP contribution in [-0.2, 0) is 11.3 Å². The summed E-state index contributed by atoms with van der Waals surface area (Å²) in [5.74, 6) is -0.0619. The SMILES string of the molecule is CCC(C)NC(=O)CCn1nc(-c2ccccc2)ccc1=O. The highest BCUT2D eigenvalue weighted by molar-refractivity contribution is 5.76. The zero-order chi connectivity index (χ0) is 15.9. The lowest BCUT2D eigenvalue weighted by Crippen LogP contribution is -2.33. The van der Waals surface area contributed by atoms with E-state index >= 15 is 0 Å². The molecule has 1 unspecified atom stereocenters. The van der Waals surface area contributed by atoms with E-state index in [2.05, 4.69) is 10.4 Å². The van der Waals surface area contributed by atoms with E-state index in [1.165, 1.54) is 10.7 Å². The molecule has 0 aliphatic heterocycles. The lowest BCUT2D eigenvalue weighted by atomic mass is 10.1. The molecule has 0 bridgehead atoms. The van der Waals surface area contributed by atoms with E-state index in [4.69, 9.17) is 0 Å². The molecule has 1 atom stereocenters. The number of aromatic nitrogens is 2. The average molecular weight is 299 g/mol. The normalized spacial score (nSPS) is 11.9. The molecule has 2 aromatic rings. The lowest BCUT2D eigenvalue weighted by molar-refractivity contribution is -0.122. The Hall–Kier alpha value is -2.43. The Bertz CT molecular complexity index is 680. The van der Waals surface area contributed by atoms with E-state index in [9.17, 15) is 9.59 Å². The second kappa shape index (κ2) is 7.54. The molecule has 0 aliphatic carbocycles. The molecule has 0 saturated carbocycles. The van der Waals surface area contributed by atoms with Gasteiger partial charge in [-0.3, -0.25) is 9.59 Å².